The van der Waals surface area contributed by atoms with Crippen LogP contribution in [0.4, 0.5) is 0 Å². The monoisotopic (exact) mass is 518 g/mol. The second-order valence-electron chi connectivity index (χ2n) is 8.38. The second-order valence-corrected chi connectivity index (χ2v) is 8.78. The third-order valence-electron chi connectivity index (χ3n) is 5.45. The molecule has 0 aliphatic carbocycles. The molecule has 3 rings (SSSR count). The molecule has 2 amide bonds. The van der Waals surface area contributed by atoms with E-state index in [1.807, 2.05) is 26.0 Å². The Hall–Kier alpha value is -4.35. The van der Waals surface area contributed by atoms with Gasteiger partial charge in [0.15, 0.2) is 11.5 Å². The predicted molar refractivity (Wildman–Crippen MR) is 142 cm³/mol. The molecule has 1 atom stereocenters. The largest absolute Gasteiger partial charge is 0.493 e. The van der Waals surface area contributed by atoms with E-state index >= 15 is 0 Å². The van der Waals surface area contributed by atoms with Crippen LogP contribution in [0.1, 0.15) is 40.9 Å². The number of benzene rings is 3. The summed E-state index contributed by atoms with van der Waals surface area (Å²) in [6, 6.07) is 20.3. The molecule has 37 heavy (non-hydrogen) atoms. The molecule has 190 valence electrons. The Morgan fingerprint density at radius 1 is 1.08 bits per heavy atom. The van der Waals surface area contributed by atoms with E-state index in [1.54, 1.807) is 54.6 Å². The van der Waals surface area contributed by atoms with Gasteiger partial charge in [-0.25, -0.2) is 5.43 Å². The zero-order valence-electron chi connectivity index (χ0n) is 20.7. The summed E-state index contributed by atoms with van der Waals surface area (Å²) in [5.41, 5.74) is 4.73. The van der Waals surface area contributed by atoms with Crippen LogP contribution in [0, 0.1) is 17.2 Å². The van der Waals surface area contributed by atoms with Gasteiger partial charge < -0.3 is 14.8 Å². The highest BCUT2D eigenvalue weighted by Gasteiger charge is 2.25. The lowest BCUT2D eigenvalue weighted by atomic mass is 10.0. The number of carbonyl (C=O) groups excluding carboxylic acids is 2. The zero-order chi connectivity index (χ0) is 26.8. The number of nitrogens with one attached hydrogen (secondary N) is 2. The fourth-order valence-electron chi connectivity index (χ4n) is 3.43. The van der Waals surface area contributed by atoms with Gasteiger partial charge in [0.1, 0.15) is 12.6 Å². The van der Waals surface area contributed by atoms with Gasteiger partial charge in [-0.2, -0.15) is 10.4 Å². The summed E-state index contributed by atoms with van der Waals surface area (Å²) in [7, 11) is 1.52. The zero-order valence-corrected chi connectivity index (χ0v) is 21.5. The average molecular weight is 519 g/mol. The molecule has 0 radical (unpaired) electrons. The first-order valence-electron chi connectivity index (χ1n) is 11.5. The molecule has 0 fully saturated rings. The van der Waals surface area contributed by atoms with Crippen LogP contribution in [0.15, 0.2) is 71.8 Å². The van der Waals surface area contributed by atoms with Crippen LogP contribution < -0.4 is 20.2 Å². The molecule has 2 N–H and O–H groups in total. The molecule has 3 aromatic carbocycles. The summed E-state index contributed by atoms with van der Waals surface area (Å²) in [5.74, 6) is -0.129. The lowest BCUT2D eigenvalue weighted by molar-refractivity contribution is -0.123. The number of hydrazone groups is 1. The fourth-order valence-corrected chi connectivity index (χ4v) is 3.66. The molecule has 1 unspecified atom stereocenters. The maximum Gasteiger partial charge on any atom is 0.262 e. The molecule has 0 saturated heterocycles. The van der Waals surface area contributed by atoms with E-state index in [0.717, 1.165) is 5.56 Å². The van der Waals surface area contributed by atoms with Gasteiger partial charge in [-0.05, 0) is 47.9 Å². The molecular formula is C28H27ClN4O4. The number of nitrogens with zero attached hydrogens (tertiary/aromatic N) is 2. The van der Waals surface area contributed by atoms with Gasteiger partial charge >= 0.3 is 0 Å². The van der Waals surface area contributed by atoms with Crippen molar-refractivity contribution in [3.8, 4) is 17.6 Å². The van der Waals surface area contributed by atoms with Crippen molar-refractivity contribution in [1.29, 1.82) is 5.26 Å². The van der Waals surface area contributed by atoms with Gasteiger partial charge in [0.25, 0.3) is 11.8 Å². The summed E-state index contributed by atoms with van der Waals surface area (Å²) in [6.07, 6.45) is 1.46. The average Bonchev–Trinajstić information content (AvgIpc) is 2.90. The highest BCUT2D eigenvalue weighted by molar-refractivity contribution is 6.33. The van der Waals surface area contributed by atoms with Crippen LogP contribution in [0.25, 0.3) is 0 Å². The molecule has 3 aromatic rings. The van der Waals surface area contributed by atoms with Gasteiger partial charge in [0, 0.05) is 5.56 Å². The second kappa shape index (κ2) is 13.1. The van der Waals surface area contributed by atoms with Gasteiger partial charge in [-0.1, -0.05) is 55.8 Å². The molecule has 0 heterocycles. The Balaban J connectivity index is 1.63. The molecule has 0 bridgehead atoms. The number of amides is 2. The van der Waals surface area contributed by atoms with Gasteiger partial charge in [0.2, 0.25) is 0 Å². The van der Waals surface area contributed by atoms with Crippen molar-refractivity contribution in [3.05, 3.63) is 94.0 Å². The SMILES string of the molecule is COc1cc(/C=N/NC(=O)C(NC(=O)c2ccccc2Cl)C(C)C)ccc1OCc1ccccc1C#N. The highest BCUT2D eigenvalue weighted by Crippen LogP contribution is 2.28. The first kappa shape index (κ1) is 27.2. The minimum Gasteiger partial charge on any atom is -0.493 e. The quantitative estimate of drug-likeness (QED) is 0.298. The van der Waals surface area contributed by atoms with E-state index in [1.165, 1.54) is 13.3 Å². The smallest absolute Gasteiger partial charge is 0.262 e. The summed E-state index contributed by atoms with van der Waals surface area (Å²) in [6.45, 7) is 3.85. The minimum absolute atomic E-state index is 0.190. The standard InChI is InChI=1S/C28H27ClN4O4/c1-18(2)26(32-27(34)22-10-6-7-11-23(22)29)28(35)33-31-16-19-12-13-24(25(14-19)36-3)37-17-21-9-5-4-8-20(21)15-30/h4-14,16,18,26H,17H2,1-3H3,(H,32,34)(H,33,35)/b31-16+. The van der Waals surface area contributed by atoms with Crippen molar-refractivity contribution in [2.75, 3.05) is 7.11 Å². The van der Waals surface area contributed by atoms with E-state index in [0.29, 0.717) is 27.6 Å². The number of carbonyl (C=O) groups is 2. The maximum absolute atomic E-state index is 12.7. The molecule has 0 spiro atoms. The van der Waals surface area contributed by atoms with Crippen LogP contribution in [-0.2, 0) is 11.4 Å². The van der Waals surface area contributed by atoms with Crippen LogP contribution in [0.2, 0.25) is 5.02 Å². The summed E-state index contributed by atoms with van der Waals surface area (Å²) in [4.78, 5) is 25.3. The van der Waals surface area contributed by atoms with E-state index in [-0.39, 0.29) is 18.1 Å². The van der Waals surface area contributed by atoms with Crippen LogP contribution in [0.3, 0.4) is 0 Å². The topological polar surface area (TPSA) is 113 Å². The predicted octanol–water partition coefficient (Wildman–Crippen LogP) is 4.70. The number of methoxy groups -OCH3 is 1. The van der Waals surface area contributed by atoms with Crippen LogP contribution >= 0.6 is 11.6 Å². The first-order chi connectivity index (χ1) is 17.8. The summed E-state index contributed by atoms with van der Waals surface area (Å²) >= 11 is 6.10. The summed E-state index contributed by atoms with van der Waals surface area (Å²) < 4.78 is 11.3. The van der Waals surface area contributed by atoms with Crippen molar-refractivity contribution in [2.45, 2.75) is 26.5 Å². The van der Waals surface area contributed by atoms with E-state index in [2.05, 4.69) is 21.9 Å². The molecule has 0 aliphatic heterocycles. The minimum atomic E-state index is -0.817. The Morgan fingerprint density at radius 3 is 2.51 bits per heavy atom. The summed E-state index contributed by atoms with van der Waals surface area (Å²) in [5, 5.41) is 16.3. The number of rotatable bonds is 10. The van der Waals surface area contributed by atoms with Crippen molar-refractivity contribution in [3.63, 3.8) is 0 Å². The molecule has 8 nitrogen and oxygen atoms in total. The van der Waals surface area contributed by atoms with E-state index < -0.39 is 17.9 Å². The molecule has 0 aliphatic rings. The van der Waals surface area contributed by atoms with E-state index in [4.69, 9.17) is 21.1 Å². The Bertz CT molecular complexity index is 1330. The van der Waals surface area contributed by atoms with Crippen molar-refractivity contribution in [2.24, 2.45) is 11.0 Å². The Morgan fingerprint density at radius 2 is 1.81 bits per heavy atom. The Kier molecular flexibility index (Phi) is 9.64. The van der Waals surface area contributed by atoms with E-state index in [9.17, 15) is 14.9 Å². The van der Waals surface area contributed by atoms with Gasteiger partial charge in [0.05, 0.1) is 35.5 Å². The Labute approximate surface area is 220 Å². The molecule has 0 saturated carbocycles. The molecular weight excluding hydrogens is 492 g/mol. The number of ether oxygens (including phenoxy) is 2. The molecule has 0 aromatic heterocycles. The normalized spacial score (nSPS) is 11.6. The van der Waals surface area contributed by atoms with Crippen LogP contribution in [0.5, 0.6) is 11.5 Å². The van der Waals surface area contributed by atoms with Crippen molar-refractivity contribution in [1.82, 2.24) is 10.7 Å². The van der Waals surface area contributed by atoms with Crippen molar-refractivity contribution >= 4 is 29.6 Å². The molecule has 9 heteroatoms. The number of hydrogen-bond acceptors (Lipinski definition) is 6. The third kappa shape index (κ3) is 7.32. The van der Waals surface area contributed by atoms with Crippen molar-refractivity contribution < 1.29 is 19.1 Å². The van der Waals surface area contributed by atoms with Gasteiger partial charge in [-0.15, -0.1) is 0 Å². The van der Waals surface area contributed by atoms with Crippen LogP contribution in [-0.4, -0.2) is 31.2 Å². The number of hydrogen-bond donors (Lipinski definition) is 2. The highest BCUT2D eigenvalue weighted by atomic mass is 35.5. The number of halogens is 1. The first-order valence-corrected chi connectivity index (χ1v) is 11.9. The number of nitriles is 1. The van der Waals surface area contributed by atoms with Gasteiger partial charge in [-0.3, -0.25) is 9.59 Å². The maximum atomic E-state index is 12.7. The fraction of sp³-hybridized carbons (Fsp3) is 0.214. The lowest BCUT2D eigenvalue weighted by Crippen LogP contribution is -2.48. The lowest BCUT2D eigenvalue weighted by Gasteiger charge is -2.20. The third-order valence-corrected chi connectivity index (χ3v) is 5.78.